The number of amides is 1. The van der Waals surface area contributed by atoms with E-state index in [-0.39, 0.29) is 30.7 Å². The maximum absolute atomic E-state index is 12.0. The molecule has 0 saturated heterocycles. The zero-order valence-electron chi connectivity index (χ0n) is 10.5. The Morgan fingerprint density at radius 2 is 2.42 bits per heavy atom. The van der Waals surface area contributed by atoms with Gasteiger partial charge >= 0.3 is 0 Å². The van der Waals surface area contributed by atoms with Crippen molar-refractivity contribution < 1.29 is 9.90 Å². The number of aromatic nitrogens is 2. The zero-order valence-corrected chi connectivity index (χ0v) is 11.3. The molecule has 1 amide bonds. The third kappa shape index (κ3) is 3.18. The van der Waals surface area contributed by atoms with Crippen molar-refractivity contribution in [3.8, 4) is 0 Å². The Kier molecular flexibility index (Phi) is 4.28. The van der Waals surface area contributed by atoms with Gasteiger partial charge in [-0.25, -0.2) is 4.98 Å². The molecule has 0 aliphatic heterocycles. The highest BCUT2D eigenvalue weighted by Crippen LogP contribution is 2.13. The summed E-state index contributed by atoms with van der Waals surface area (Å²) in [6.07, 6.45) is 1.87. The highest BCUT2D eigenvalue weighted by Gasteiger charge is 2.10. The van der Waals surface area contributed by atoms with Crippen LogP contribution in [0.3, 0.4) is 0 Å². The lowest BCUT2D eigenvalue weighted by Gasteiger charge is -2.12. The summed E-state index contributed by atoms with van der Waals surface area (Å²) < 4.78 is 1.29. The number of nitrogens with zero attached hydrogens (tertiary/aromatic N) is 2. The normalized spacial score (nSPS) is 12.5. The van der Waals surface area contributed by atoms with E-state index in [2.05, 4.69) is 10.3 Å². The molecule has 19 heavy (non-hydrogen) atoms. The number of carbonyl (C=O) groups is 1. The number of rotatable bonds is 5. The van der Waals surface area contributed by atoms with Crippen molar-refractivity contribution in [2.24, 2.45) is 0 Å². The van der Waals surface area contributed by atoms with Gasteiger partial charge in [0, 0.05) is 12.6 Å². The van der Waals surface area contributed by atoms with Crippen LogP contribution in [0.5, 0.6) is 0 Å². The van der Waals surface area contributed by atoms with E-state index in [1.807, 2.05) is 0 Å². The van der Waals surface area contributed by atoms with E-state index in [9.17, 15) is 9.59 Å². The van der Waals surface area contributed by atoms with Crippen molar-refractivity contribution in [2.75, 3.05) is 6.61 Å². The number of thiophene rings is 1. The molecule has 2 aromatic rings. The van der Waals surface area contributed by atoms with Gasteiger partial charge in [-0.2, -0.15) is 0 Å². The average Bonchev–Trinajstić information content (AvgIpc) is 2.82. The highest BCUT2D eigenvalue weighted by atomic mass is 32.1. The summed E-state index contributed by atoms with van der Waals surface area (Å²) in [5.74, 6) is -0.264. The van der Waals surface area contributed by atoms with Gasteiger partial charge in [0.15, 0.2) is 0 Å². The number of aliphatic hydroxyl groups excluding tert-OH is 1. The largest absolute Gasteiger partial charge is 0.396 e. The second-order valence-electron chi connectivity index (χ2n) is 4.30. The first-order valence-electron chi connectivity index (χ1n) is 5.94. The number of nitrogens with one attached hydrogen (secondary N) is 1. The maximum Gasteiger partial charge on any atom is 0.262 e. The minimum atomic E-state index is -0.264. The number of carbonyl (C=O) groups excluding carboxylic acids is 1. The molecule has 0 radical (unpaired) electrons. The second kappa shape index (κ2) is 5.94. The zero-order chi connectivity index (χ0) is 13.8. The predicted octanol–water partition coefficient (Wildman–Crippen LogP) is 0.345. The van der Waals surface area contributed by atoms with Gasteiger partial charge in [0.1, 0.15) is 11.4 Å². The molecule has 2 rings (SSSR count). The van der Waals surface area contributed by atoms with Crippen molar-refractivity contribution in [3.05, 3.63) is 28.1 Å². The summed E-state index contributed by atoms with van der Waals surface area (Å²) in [6, 6.07) is 1.59. The van der Waals surface area contributed by atoms with E-state index in [1.165, 1.54) is 22.2 Å². The molecule has 0 aliphatic rings. The molecule has 0 saturated carbocycles. The molecule has 0 aromatic carbocycles. The molecule has 102 valence electrons. The monoisotopic (exact) mass is 281 g/mol. The van der Waals surface area contributed by atoms with Crippen LogP contribution in [0.25, 0.3) is 10.2 Å². The number of hydrogen-bond donors (Lipinski definition) is 2. The summed E-state index contributed by atoms with van der Waals surface area (Å²) in [5.41, 5.74) is -0.212. The molecule has 0 bridgehead atoms. The maximum atomic E-state index is 12.0. The molecule has 2 N–H and O–H groups in total. The molecule has 0 fully saturated rings. The fraction of sp³-hybridized carbons (Fsp3) is 0.417. The summed E-state index contributed by atoms with van der Waals surface area (Å²) >= 11 is 1.39. The smallest absolute Gasteiger partial charge is 0.262 e. The summed E-state index contributed by atoms with van der Waals surface area (Å²) in [4.78, 5) is 28.6. The number of aliphatic hydroxyl groups is 1. The molecule has 0 aliphatic carbocycles. The van der Waals surface area contributed by atoms with Crippen molar-refractivity contribution in [1.82, 2.24) is 14.9 Å². The first-order valence-corrected chi connectivity index (χ1v) is 6.82. The van der Waals surface area contributed by atoms with Gasteiger partial charge in [-0.3, -0.25) is 14.2 Å². The molecule has 2 aromatic heterocycles. The Hall–Kier alpha value is -1.73. The lowest BCUT2D eigenvalue weighted by molar-refractivity contribution is -0.122. The molecule has 7 heteroatoms. The molecule has 0 spiro atoms. The van der Waals surface area contributed by atoms with Crippen molar-refractivity contribution >= 4 is 27.5 Å². The van der Waals surface area contributed by atoms with Crippen molar-refractivity contribution in [3.63, 3.8) is 0 Å². The SMILES string of the molecule is CC(CCO)NC(=O)Cn1cnc2sccc2c1=O. The molecule has 2 heterocycles. The van der Waals surface area contributed by atoms with Crippen LogP contribution in [-0.4, -0.2) is 33.2 Å². The van der Waals surface area contributed by atoms with Gasteiger partial charge in [-0.05, 0) is 24.8 Å². The van der Waals surface area contributed by atoms with Crippen LogP contribution in [0.2, 0.25) is 0 Å². The standard InChI is InChI=1S/C12H15N3O3S/c1-8(2-4-16)14-10(17)6-15-7-13-11-9(12(15)18)3-5-19-11/h3,5,7-8,16H,2,4,6H2,1H3,(H,14,17). The van der Waals surface area contributed by atoms with Gasteiger partial charge in [0.25, 0.3) is 5.56 Å². The minimum Gasteiger partial charge on any atom is -0.396 e. The van der Waals surface area contributed by atoms with Crippen LogP contribution >= 0.6 is 11.3 Å². The molecule has 1 unspecified atom stereocenters. The fourth-order valence-electron chi connectivity index (χ4n) is 1.75. The van der Waals surface area contributed by atoms with Gasteiger partial charge in [0.2, 0.25) is 5.91 Å². The van der Waals surface area contributed by atoms with Gasteiger partial charge < -0.3 is 10.4 Å². The lowest BCUT2D eigenvalue weighted by atomic mass is 10.2. The highest BCUT2D eigenvalue weighted by molar-refractivity contribution is 7.16. The Balaban J connectivity index is 2.11. The summed E-state index contributed by atoms with van der Waals surface area (Å²) in [5, 5.41) is 13.8. The third-order valence-corrected chi connectivity index (χ3v) is 3.55. The van der Waals surface area contributed by atoms with Crippen LogP contribution in [-0.2, 0) is 11.3 Å². The fourth-order valence-corrected chi connectivity index (χ4v) is 2.47. The van der Waals surface area contributed by atoms with E-state index in [4.69, 9.17) is 5.11 Å². The van der Waals surface area contributed by atoms with E-state index in [1.54, 1.807) is 18.4 Å². The molecule has 6 nitrogen and oxygen atoms in total. The average molecular weight is 281 g/mol. The molecular formula is C12H15N3O3S. The van der Waals surface area contributed by atoms with Crippen LogP contribution in [0.15, 0.2) is 22.6 Å². The van der Waals surface area contributed by atoms with Gasteiger partial charge in [0.05, 0.1) is 11.7 Å². The van der Waals surface area contributed by atoms with E-state index in [0.717, 1.165) is 0 Å². The summed E-state index contributed by atoms with van der Waals surface area (Å²) in [6.45, 7) is 1.76. The lowest BCUT2D eigenvalue weighted by Crippen LogP contribution is -2.37. The van der Waals surface area contributed by atoms with Crippen molar-refractivity contribution in [1.29, 1.82) is 0 Å². The topological polar surface area (TPSA) is 84.2 Å². The predicted molar refractivity (Wildman–Crippen MR) is 73.2 cm³/mol. The second-order valence-corrected chi connectivity index (χ2v) is 5.19. The van der Waals surface area contributed by atoms with Crippen LogP contribution in [0, 0.1) is 0 Å². The van der Waals surface area contributed by atoms with E-state index in [0.29, 0.717) is 16.6 Å². The van der Waals surface area contributed by atoms with Crippen LogP contribution in [0.1, 0.15) is 13.3 Å². The van der Waals surface area contributed by atoms with Crippen LogP contribution in [0.4, 0.5) is 0 Å². The van der Waals surface area contributed by atoms with E-state index >= 15 is 0 Å². The van der Waals surface area contributed by atoms with Gasteiger partial charge in [-0.1, -0.05) is 0 Å². The van der Waals surface area contributed by atoms with E-state index < -0.39 is 0 Å². The molecule has 1 atom stereocenters. The molecular weight excluding hydrogens is 266 g/mol. The Morgan fingerprint density at radius 1 is 1.63 bits per heavy atom. The first-order chi connectivity index (χ1) is 9.11. The first kappa shape index (κ1) is 13.7. The summed E-state index contributed by atoms with van der Waals surface area (Å²) in [7, 11) is 0. The van der Waals surface area contributed by atoms with Crippen LogP contribution < -0.4 is 10.9 Å². The van der Waals surface area contributed by atoms with Crippen molar-refractivity contribution in [2.45, 2.75) is 25.9 Å². The number of hydrogen-bond acceptors (Lipinski definition) is 5. The van der Waals surface area contributed by atoms with Gasteiger partial charge in [-0.15, -0.1) is 11.3 Å². The minimum absolute atomic E-state index is 0.0177. The third-order valence-electron chi connectivity index (χ3n) is 2.73. The number of fused-ring (bicyclic) bond motifs is 1. The Bertz CT molecular complexity index is 634. The Morgan fingerprint density at radius 3 is 3.16 bits per heavy atom. The quantitative estimate of drug-likeness (QED) is 0.828. The Labute approximate surface area is 113 Å².